The van der Waals surface area contributed by atoms with Crippen LogP contribution in [-0.4, -0.2) is 32.2 Å². The third-order valence-corrected chi connectivity index (χ3v) is 4.06. The smallest absolute Gasteiger partial charge is 0.305 e. The summed E-state index contributed by atoms with van der Waals surface area (Å²) < 4.78 is 30.3. The molecular formula is C12H16N2O6S. The van der Waals surface area contributed by atoms with Gasteiger partial charge in [-0.25, -0.2) is 8.42 Å². The standard InChI is InChI=1S/C12H16N2O6S/c1-9-8-10(5-6-11(9)14(16)17)13-21(18,19)7-3-4-12(15)20-2/h5-6,8,13H,3-4,7H2,1-2H3. The van der Waals surface area contributed by atoms with E-state index in [-0.39, 0.29) is 30.0 Å². The fourth-order valence-corrected chi connectivity index (χ4v) is 2.78. The van der Waals surface area contributed by atoms with Crippen LogP contribution in [0, 0.1) is 17.0 Å². The van der Waals surface area contributed by atoms with Gasteiger partial charge in [0.2, 0.25) is 10.0 Å². The van der Waals surface area contributed by atoms with Gasteiger partial charge in [-0.1, -0.05) is 0 Å². The number of rotatable bonds is 7. The van der Waals surface area contributed by atoms with E-state index < -0.39 is 20.9 Å². The Morgan fingerprint density at radius 1 is 1.43 bits per heavy atom. The predicted octanol–water partition coefficient (Wildman–Crippen LogP) is 1.60. The number of nitro groups is 1. The molecule has 0 heterocycles. The summed E-state index contributed by atoms with van der Waals surface area (Å²) in [5, 5.41) is 10.7. The van der Waals surface area contributed by atoms with Crippen LogP contribution in [0.25, 0.3) is 0 Å². The first kappa shape index (κ1) is 16.9. The molecule has 0 saturated carbocycles. The van der Waals surface area contributed by atoms with Crippen molar-refractivity contribution in [3.63, 3.8) is 0 Å². The average molecular weight is 316 g/mol. The van der Waals surface area contributed by atoms with Gasteiger partial charge in [0.25, 0.3) is 5.69 Å². The SMILES string of the molecule is COC(=O)CCCS(=O)(=O)Nc1ccc([N+](=O)[O-])c(C)c1. The maximum atomic E-state index is 11.8. The van der Waals surface area contributed by atoms with Gasteiger partial charge in [0.1, 0.15) is 0 Å². The number of carbonyl (C=O) groups is 1. The van der Waals surface area contributed by atoms with Crippen LogP contribution in [0.15, 0.2) is 18.2 Å². The number of ether oxygens (including phenoxy) is 1. The van der Waals surface area contributed by atoms with E-state index in [1.165, 1.54) is 32.2 Å². The van der Waals surface area contributed by atoms with Gasteiger partial charge in [0, 0.05) is 23.7 Å². The molecule has 0 saturated heterocycles. The molecule has 1 N–H and O–H groups in total. The number of carbonyl (C=O) groups excluding carboxylic acids is 1. The fourth-order valence-electron chi connectivity index (χ4n) is 1.66. The summed E-state index contributed by atoms with van der Waals surface area (Å²) in [6, 6.07) is 3.95. The Labute approximate surface area is 122 Å². The van der Waals surface area contributed by atoms with Gasteiger partial charge in [-0.3, -0.25) is 19.6 Å². The molecule has 0 spiro atoms. The van der Waals surface area contributed by atoms with Crippen LogP contribution >= 0.6 is 0 Å². The highest BCUT2D eigenvalue weighted by atomic mass is 32.2. The summed E-state index contributed by atoms with van der Waals surface area (Å²) in [6.45, 7) is 1.52. The van der Waals surface area contributed by atoms with Crippen molar-refractivity contribution in [3.8, 4) is 0 Å². The molecular weight excluding hydrogens is 300 g/mol. The minimum Gasteiger partial charge on any atom is -0.469 e. The van der Waals surface area contributed by atoms with Crippen molar-refractivity contribution < 1.29 is 22.9 Å². The van der Waals surface area contributed by atoms with Crippen molar-refractivity contribution in [2.75, 3.05) is 17.6 Å². The lowest BCUT2D eigenvalue weighted by Crippen LogP contribution is -2.17. The predicted molar refractivity (Wildman–Crippen MR) is 76.5 cm³/mol. The zero-order valence-corrected chi connectivity index (χ0v) is 12.5. The molecule has 116 valence electrons. The number of anilines is 1. The van der Waals surface area contributed by atoms with Crippen LogP contribution in [0.1, 0.15) is 18.4 Å². The Bertz CT molecular complexity index is 641. The van der Waals surface area contributed by atoms with E-state index >= 15 is 0 Å². The fraction of sp³-hybridized carbons (Fsp3) is 0.417. The molecule has 0 fully saturated rings. The molecule has 0 atom stereocenters. The number of sulfonamides is 1. The Hall–Kier alpha value is -2.16. The lowest BCUT2D eigenvalue weighted by Gasteiger charge is -2.08. The van der Waals surface area contributed by atoms with Crippen molar-refractivity contribution in [1.82, 2.24) is 0 Å². The second-order valence-electron chi connectivity index (χ2n) is 4.36. The van der Waals surface area contributed by atoms with Crippen LogP contribution in [0.2, 0.25) is 0 Å². The average Bonchev–Trinajstić information content (AvgIpc) is 2.37. The highest BCUT2D eigenvalue weighted by Gasteiger charge is 2.15. The van der Waals surface area contributed by atoms with Crippen molar-refractivity contribution in [1.29, 1.82) is 0 Å². The Morgan fingerprint density at radius 2 is 2.10 bits per heavy atom. The first-order valence-electron chi connectivity index (χ1n) is 6.07. The summed E-state index contributed by atoms with van der Waals surface area (Å²) in [5.74, 6) is -0.714. The summed E-state index contributed by atoms with van der Waals surface area (Å²) in [5.41, 5.74) is 0.523. The number of nitrogens with zero attached hydrogens (tertiary/aromatic N) is 1. The number of hydrogen-bond donors (Lipinski definition) is 1. The van der Waals surface area contributed by atoms with E-state index in [0.717, 1.165) is 0 Å². The van der Waals surface area contributed by atoms with E-state index in [1.54, 1.807) is 0 Å². The number of methoxy groups -OCH3 is 1. The zero-order chi connectivity index (χ0) is 16.0. The third-order valence-electron chi connectivity index (χ3n) is 2.69. The molecule has 0 aliphatic carbocycles. The molecule has 0 aliphatic heterocycles. The van der Waals surface area contributed by atoms with Gasteiger partial charge in [-0.2, -0.15) is 0 Å². The van der Waals surface area contributed by atoms with Crippen LogP contribution in [0.5, 0.6) is 0 Å². The van der Waals surface area contributed by atoms with Gasteiger partial charge in [0.15, 0.2) is 0 Å². The highest BCUT2D eigenvalue weighted by molar-refractivity contribution is 7.92. The van der Waals surface area contributed by atoms with Crippen molar-refractivity contribution in [3.05, 3.63) is 33.9 Å². The number of aryl methyl sites for hydroxylation is 1. The van der Waals surface area contributed by atoms with Crippen molar-refractivity contribution in [2.45, 2.75) is 19.8 Å². The number of nitro benzene ring substituents is 1. The van der Waals surface area contributed by atoms with E-state index in [2.05, 4.69) is 9.46 Å². The molecule has 1 aromatic carbocycles. The second kappa shape index (κ2) is 7.02. The quantitative estimate of drug-likeness (QED) is 0.464. The highest BCUT2D eigenvalue weighted by Crippen LogP contribution is 2.22. The molecule has 0 aliphatic rings. The largest absolute Gasteiger partial charge is 0.469 e. The normalized spacial score (nSPS) is 11.0. The molecule has 0 radical (unpaired) electrons. The van der Waals surface area contributed by atoms with Crippen molar-refractivity contribution >= 4 is 27.4 Å². The van der Waals surface area contributed by atoms with Crippen LogP contribution in [0.3, 0.4) is 0 Å². The molecule has 0 bridgehead atoms. The first-order chi connectivity index (χ1) is 9.75. The molecule has 0 amide bonds. The van der Waals surface area contributed by atoms with Crippen LogP contribution in [-0.2, 0) is 19.6 Å². The number of hydrogen-bond acceptors (Lipinski definition) is 6. The van der Waals surface area contributed by atoms with E-state index in [9.17, 15) is 23.3 Å². The monoisotopic (exact) mass is 316 g/mol. The van der Waals surface area contributed by atoms with Crippen LogP contribution in [0.4, 0.5) is 11.4 Å². The lowest BCUT2D eigenvalue weighted by molar-refractivity contribution is -0.385. The summed E-state index contributed by atoms with van der Waals surface area (Å²) >= 11 is 0. The van der Waals surface area contributed by atoms with E-state index in [4.69, 9.17) is 0 Å². The van der Waals surface area contributed by atoms with Gasteiger partial charge < -0.3 is 4.74 Å². The lowest BCUT2D eigenvalue weighted by atomic mass is 10.2. The number of benzene rings is 1. The first-order valence-corrected chi connectivity index (χ1v) is 7.73. The van der Waals surface area contributed by atoms with Crippen LogP contribution < -0.4 is 4.72 Å². The Morgan fingerprint density at radius 3 is 2.62 bits per heavy atom. The molecule has 1 rings (SSSR count). The minimum atomic E-state index is -3.62. The summed E-state index contributed by atoms with van der Waals surface area (Å²) in [4.78, 5) is 21.0. The second-order valence-corrected chi connectivity index (χ2v) is 6.20. The summed E-state index contributed by atoms with van der Waals surface area (Å²) in [7, 11) is -2.39. The third kappa shape index (κ3) is 5.38. The number of esters is 1. The van der Waals surface area contributed by atoms with Gasteiger partial charge >= 0.3 is 5.97 Å². The maximum Gasteiger partial charge on any atom is 0.305 e. The zero-order valence-electron chi connectivity index (χ0n) is 11.7. The van der Waals surface area contributed by atoms with E-state index in [0.29, 0.717) is 5.56 Å². The number of nitrogens with one attached hydrogen (secondary N) is 1. The molecule has 8 nitrogen and oxygen atoms in total. The topological polar surface area (TPSA) is 116 Å². The van der Waals surface area contributed by atoms with Gasteiger partial charge in [0.05, 0.1) is 17.8 Å². The van der Waals surface area contributed by atoms with E-state index in [1.807, 2.05) is 0 Å². The minimum absolute atomic E-state index is 0.0106. The molecule has 0 aromatic heterocycles. The molecule has 9 heteroatoms. The maximum absolute atomic E-state index is 11.8. The van der Waals surface area contributed by atoms with Gasteiger partial charge in [-0.15, -0.1) is 0 Å². The molecule has 1 aromatic rings. The van der Waals surface area contributed by atoms with Gasteiger partial charge in [-0.05, 0) is 25.5 Å². The molecule has 0 unspecified atom stereocenters. The van der Waals surface area contributed by atoms with Crippen molar-refractivity contribution in [2.24, 2.45) is 0 Å². The summed E-state index contributed by atoms with van der Waals surface area (Å²) in [6.07, 6.45) is 0.144. The Kier molecular flexibility index (Phi) is 5.65. The molecule has 21 heavy (non-hydrogen) atoms. The Balaban J connectivity index is 2.69.